The van der Waals surface area contributed by atoms with E-state index in [1.807, 2.05) is 6.92 Å². The number of nitrogens with one attached hydrogen (secondary N) is 1. The second-order valence-electron chi connectivity index (χ2n) is 4.22. The summed E-state index contributed by atoms with van der Waals surface area (Å²) in [6.07, 6.45) is 0. The van der Waals surface area contributed by atoms with E-state index in [1.54, 1.807) is 0 Å². The first-order valence-corrected chi connectivity index (χ1v) is 6.19. The summed E-state index contributed by atoms with van der Waals surface area (Å²) in [6.45, 7) is 6.31. The van der Waals surface area contributed by atoms with Crippen LogP contribution < -0.4 is 4.87 Å². The quantitative estimate of drug-likeness (QED) is 0.845. The van der Waals surface area contributed by atoms with Gasteiger partial charge < -0.3 is 4.98 Å². The van der Waals surface area contributed by atoms with Crippen molar-refractivity contribution in [3.05, 3.63) is 44.4 Å². The lowest BCUT2D eigenvalue weighted by atomic mass is 10.0. The summed E-state index contributed by atoms with van der Waals surface area (Å²) >= 11 is 1.26. The van der Waals surface area contributed by atoms with Crippen molar-refractivity contribution < 1.29 is 0 Å². The molecule has 0 spiro atoms. The van der Waals surface area contributed by atoms with Crippen molar-refractivity contribution in [2.45, 2.75) is 26.7 Å². The number of H-pyrrole nitrogens is 1. The van der Waals surface area contributed by atoms with Crippen LogP contribution in [0.15, 0.2) is 29.1 Å². The Balaban J connectivity index is 2.42. The zero-order valence-corrected chi connectivity index (χ0v) is 10.5. The minimum absolute atomic E-state index is 0.0143. The average Bonchev–Trinajstić information content (AvgIpc) is 2.58. The summed E-state index contributed by atoms with van der Waals surface area (Å²) in [5.74, 6) is 0.539. The molecule has 0 bridgehead atoms. The van der Waals surface area contributed by atoms with Crippen molar-refractivity contribution in [2.24, 2.45) is 0 Å². The first-order valence-electron chi connectivity index (χ1n) is 5.38. The molecule has 2 aromatic rings. The van der Waals surface area contributed by atoms with Gasteiger partial charge in [-0.3, -0.25) is 4.79 Å². The van der Waals surface area contributed by atoms with E-state index in [9.17, 15) is 4.79 Å². The molecule has 84 valence electrons. The molecule has 0 atom stereocenters. The van der Waals surface area contributed by atoms with Gasteiger partial charge in [0.25, 0.3) is 0 Å². The monoisotopic (exact) mass is 233 g/mol. The second kappa shape index (κ2) is 4.26. The largest absolute Gasteiger partial charge is 0.312 e. The molecule has 2 rings (SSSR count). The van der Waals surface area contributed by atoms with E-state index in [0.29, 0.717) is 5.92 Å². The Morgan fingerprint density at radius 3 is 2.25 bits per heavy atom. The van der Waals surface area contributed by atoms with Crippen LogP contribution in [0, 0.1) is 6.92 Å². The third kappa shape index (κ3) is 2.09. The molecule has 0 radical (unpaired) electrons. The van der Waals surface area contributed by atoms with Crippen LogP contribution in [0.25, 0.3) is 11.3 Å². The fourth-order valence-electron chi connectivity index (χ4n) is 1.72. The maximum atomic E-state index is 11.2. The molecular formula is C13H15NOS. The SMILES string of the molecule is Cc1sc(=O)[nH]c1-c1ccc(C(C)C)cc1. The standard InChI is InChI=1S/C13H15NOS/c1-8(2)10-4-6-11(7-5-10)12-9(3)16-13(15)14-12/h4-8H,1-3H3,(H,14,15). The predicted molar refractivity (Wildman–Crippen MR) is 69.2 cm³/mol. The average molecular weight is 233 g/mol. The van der Waals surface area contributed by atoms with Gasteiger partial charge in [0.2, 0.25) is 0 Å². The van der Waals surface area contributed by atoms with Crippen LogP contribution in [0.4, 0.5) is 0 Å². The summed E-state index contributed by atoms with van der Waals surface area (Å²) in [6, 6.07) is 8.38. The molecule has 0 saturated heterocycles. The fourth-order valence-corrected chi connectivity index (χ4v) is 2.42. The van der Waals surface area contributed by atoms with Gasteiger partial charge in [0.1, 0.15) is 0 Å². The van der Waals surface area contributed by atoms with Gasteiger partial charge in [-0.1, -0.05) is 49.4 Å². The Morgan fingerprint density at radius 1 is 1.19 bits per heavy atom. The molecule has 16 heavy (non-hydrogen) atoms. The van der Waals surface area contributed by atoms with E-state index < -0.39 is 0 Å². The van der Waals surface area contributed by atoms with E-state index >= 15 is 0 Å². The van der Waals surface area contributed by atoms with Crippen molar-refractivity contribution in [1.29, 1.82) is 0 Å². The number of aryl methyl sites for hydroxylation is 1. The molecule has 1 aromatic heterocycles. The Labute approximate surface area is 99.0 Å². The van der Waals surface area contributed by atoms with Crippen molar-refractivity contribution >= 4 is 11.3 Å². The van der Waals surface area contributed by atoms with E-state index in [0.717, 1.165) is 16.1 Å². The first-order chi connectivity index (χ1) is 7.58. The molecular weight excluding hydrogens is 218 g/mol. The van der Waals surface area contributed by atoms with Crippen LogP contribution in [0.1, 0.15) is 30.2 Å². The fraction of sp³-hybridized carbons (Fsp3) is 0.308. The Bertz CT molecular complexity index is 534. The maximum absolute atomic E-state index is 11.2. The molecule has 0 aliphatic rings. The van der Waals surface area contributed by atoms with Crippen molar-refractivity contribution in [2.75, 3.05) is 0 Å². The number of benzene rings is 1. The van der Waals surface area contributed by atoms with Crippen LogP contribution in [0.3, 0.4) is 0 Å². The molecule has 1 aromatic carbocycles. The molecule has 0 aliphatic carbocycles. The minimum atomic E-state index is 0.0143. The van der Waals surface area contributed by atoms with Crippen LogP contribution >= 0.6 is 11.3 Å². The highest BCUT2D eigenvalue weighted by molar-refractivity contribution is 7.09. The van der Waals surface area contributed by atoms with Crippen molar-refractivity contribution in [3.63, 3.8) is 0 Å². The maximum Gasteiger partial charge on any atom is 0.305 e. The number of hydrogen-bond donors (Lipinski definition) is 1. The highest BCUT2D eigenvalue weighted by atomic mass is 32.1. The Kier molecular flexibility index (Phi) is 2.97. The number of aromatic amines is 1. The smallest absolute Gasteiger partial charge is 0.305 e. The summed E-state index contributed by atoms with van der Waals surface area (Å²) in [5.41, 5.74) is 3.35. The summed E-state index contributed by atoms with van der Waals surface area (Å²) < 4.78 is 0. The van der Waals surface area contributed by atoms with Crippen LogP contribution in [0.5, 0.6) is 0 Å². The molecule has 3 heteroatoms. The zero-order chi connectivity index (χ0) is 11.7. The van der Waals surface area contributed by atoms with Crippen LogP contribution in [0.2, 0.25) is 0 Å². The zero-order valence-electron chi connectivity index (χ0n) is 9.70. The lowest BCUT2D eigenvalue weighted by Gasteiger charge is -2.06. The first kappa shape index (κ1) is 11.1. The topological polar surface area (TPSA) is 32.9 Å². The Morgan fingerprint density at radius 2 is 1.81 bits per heavy atom. The Hall–Kier alpha value is -1.35. The normalized spacial score (nSPS) is 11.0. The molecule has 1 N–H and O–H groups in total. The third-order valence-corrected chi connectivity index (χ3v) is 3.49. The summed E-state index contributed by atoms with van der Waals surface area (Å²) in [4.78, 5) is 15.2. The number of rotatable bonds is 2. The van der Waals surface area contributed by atoms with Crippen molar-refractivity contribution in [1.82, 2.24) is 4.98 Å². The molecule has 0 amide bonds. The highest BCUT2D eigenvalue weighted by Gasteiger charge is 2.06. The molecule has 0 saturated carbocycles. The van der Waals surface area contributed by atoms with Gasteiger partial charge in [0.05, 0.1) is 5.69 Å². The van der Waals surface area contributed by atoms with E-state index in [4.69, 9.17) is 0 Å². The lowest BCUT2D eigenvalue weighted by Crippen LogP contribution is -1.93. The summed E-state index contributed by atoms with van der Waals surface area (Å²) in [7, 11) is 0. The second-order valence-corrected chi connectivity index (χ2v) is 5.41. The number of thiazole rings is 1. The van der Waals surface area contributed by atoms with Crippen molar-refractivity contribution in [3.8, 4) is 11.3 Å². The van der Waals surface area contributed by atoms with Gasteiger partial charge in [0, 0.05) is 4.88 Å². The lowest BCUT2D eigenvalue weighted by molar-refractivity contribution is 0.867. The number of aromatic nitrogens is 1. The molecule has 0 aliphatic heterocycles. The third-order valence-electron chi connectivity index (χ3n) is 2.69. The molecule has 2 nitrogen and oxygen atoms in total. The molecule has 0 unspecified atom stereocenters. The van der Waals surface area contributed by atoms with Gasteiger partial charge in [-0.05, 0) is 24.0 Å². The molecule has 0 fully saturated rings. The molecule has 1 heterocycles. The highest BCUT2D eigenvalue weighted by Crippen LogP contribution is 2.24. The number of hydrogen-bond acceptors (Lipinski definition) is 2. The van der Waals surface area contributed by atoms with Gasteiger partial charge in [-0.15, -0.1) is 0 Å². The predicted octanol–water partition coefficient (Wildman–Crippen LogP) is 3.54. The van der Waals surface area contributed by atoms with Crippen LogP contribution in [-0.4, -0.2) is 4.98 Å². The van der Waals surface area contributed by atoms with E-state index in [1.165, 1.54) is 16.9 Å². The van der Waals surface area contributed by atoms with Crippen LogP contribution in [-0.2, 0) is 0 Å². The van der Waals surface area contributed by atoms with Gasteiger partial charge in [0.15, 0.2) is 0 Å². The van der Waals surface area contributed by atoms with Gasteiger partial charge in [-0.2, -0.15) is 0 Å². The van der Waals surface area contributed by atoms with Gasteiger partial charge >= 0.3 is 4.87 Å². The van der Waals surface area contributed by atoms with Gasteiger partial charge in [-0.25, -0.2) is 0 Å². The minimum Gasteiger partial charge on any atom is -0.312 e. The van der Waals surface area contributed by atoms with E-state index in [-0.39, 0.29) is 4.87 Å². The van der Waals surface area contributed by atoms with E-state index in [2.05, 4.69) is 43.1 Å². The summed E-state index contributed by atoms with van der Waals surface area (Å²) in [5, 5.41) is 0.